The summed E-state index contributed by atoms with van der Waals surface area (Å²) in [5.74, 6) is 1.55. The maximum absolute atomic E-state index is 13.1. The number of aryl methyl sites for hydroxylation is 1. The molecule has 6 nitrogen and oxygen atoms in total. The van der Waals surface area contributed by atoms with Gasteiger partial charge in [0, 0.05) is 61.7 Å². The van der Waals surface area contributed by atoms with Crippen LogP contribution in [0.25, 0.3) is 10.9 Å². The number of aromatic nitrogens is 3. The van der Waals surface area contributed by atoms with Crippen LogP contribution >= 0.6 is 0 Å². The Morgan fingerprint density at radius 2 is 2.21 bits per heavy atom. The second-order valence-electron chi connectivity index (χ2n) is 7.60. The average Bonchev–Trinajstić information content (AvgIpc) is 3.31. The molecule has 4 rings (SSSR count). The van der Waals surface area contributed by atoms with Crippen LogP contribution in [0.15, 0.2) is 36.7 Å². The zero-order valence-corrected chi connectivity index (χ0v) is 16.6. The Morgan fingerprint density at radius 3 is 3.07 bits per heavy atom. The number of carbonyl (C=O) groups is 1. The summed E-state index contributed by atoms with van der Waals surface area (Å²) in [4.78, 5) is 23.1. The number of piperidine rings is 1. The van der Waals surface area contributed by atoms with Crippen molar-refractivity contribution in [2.24, 2.45) is 0 Å². The molecule has 1 N–H and O–H groups in total. The fourth-order valence-corrected chi connectivity index (χ4v) is 4.30. The largest absolute Gasteiger partial charge is 0.383 e. The number of hydrogen-bond acceptors (Lipinski definition) is 3. The van der Waals surface area contributed by atoms with Crippen LogP contribution in [-0.4, -0.2) is 52.1 Å². The minimum atomic E-state index is 0.201. The van der Waals surface area contributed by atoms with Gasteiger partial charge in [0.05, 0.1) is 13.0 Å². The lowest BCUT2D eigenvalue weighted by atomic mass is 9.96. The van der Waals surface area contributed by atoms with Crippen molar-refractivity contribution in [3.63, 3.8) is 0 Å². The van der Waals surface area contributed by atoms with E-state index < -0.39 is 0 Å². The van der Waals surface area contributed by atoms with Crippen LogP contribution in [0.2, 0.25) is 0 Å². The third-order valence-electron chi connectivity index (χ3n) is 5.78. The Balaban J connectivity index is 1.48. The molecule has 1 aromatic carbocycles. The maximum Gasteiger partial charge on any atom is 0.227 e. The van der Waals surface area contributed by atoms with Crippen molar-refractivity contribution in [3.8, 4) is 0 Å². The first kappa shape index (κ1) is 18.7. The number of aromatic amines is 1. The third kappa shape index (κ3) is 3.69. The lowest BCUT2D eigenvalue weighted by Gasteiger charge is -2.33. The second-order valence-corrected chi connectivity index (χ2v) is 7.60. The quantitative estimate of drug-likeness (QED) is 0.714. The van der Waals surface area contributed by atoms with Gasteiger partial charge >= 0.3 is 0 Å². The number of amides is 1. The van der Waals surface area contributed by atoms with Crippen molar-refractivity contribution in [1.82, 2.24) is 19.4 Å². The minimum Gasteiger partial charge on any atom is -0.383 e. The van der Waals surface area contributed by atoms with Gasteiger partial charge in [-0.3, -0.25) is 4.79 Å². The molecule has 0 unspecified atom stereocenters. The molecule has 0 spiro atoms. The van der Waals surface area contributed by atoms with E-state index in [0.29, 0.717) is 13.0 Å². The Morgan fingerprint density at radius 1 is 1.36 bits per heavy atom. The highest BCUT2D eigenvalue weighted by atomic mass is 16.5. The second kappa shape index (κ2) is 8.19. The van der Waals surface area contributed by atoms with Crippen molar-refractivity contribution in [3.05, 3.63) is 53.7 Å². The zero-order valence-electron chi connectivity index (χ0n) is 16.6. The molecule has 1 amide bonds. The van der Waals surface area contributed by atoms with E-state index in [1.54, 1.807) is 7.11 Å². The standard InChI is InChI=1S/C22H28N4O2/c1-16-19(18-7-3-4-8-20(18)24-16)14-21(27)26-10-5-6-17(15-26)22-23-9-11-25(22)12-13-28-2/h3-4,7-9,11,17,24H,5-6,10,12-15H2,1-2H3/t17-/m0/s1. The summed E-state index contributed by atoms with van der Waals surface area (Å²) in [6.45, 7) is 5.08. The van der Waals surface area contributed by atoms with E-state index in [-0.39, 0.29) is 11.8 Å². The van der Waals surface area contributed by atoms with Crippen LogP contribution < -0.4 is 0 Å². The van der Waals surface area contributed by atoms with Crippen LogP contribution in [-0.2, 0) is 22.5 Å². The van der Waals surface area contributed by atoms with Crippen LogP contribution in [0.4, 0.5) is 0 Å². The summed E-state index contributed by atoms with van der Waals surface area (Å²) in [5.41, 5.74) is 3.29. The van der Waals surface area contributed by atoms with Gasteiger partial charge in [0.25, 0.3) is 0 Å². The Bertz CT molecular complexity index is 959. The van der Waals surface area contributed by atoms with Crippen LogP contribution in [0.3, 0.4) is 0 Å². The lowest BCUT2D eigenvalue weighted by Crippen LogP contribution is -2.40. The summed E-state index contributed by atoms with van der Waals surface area (Å²) in [6.07, 6.45) is 6.38. The van der Waals surface area contributed by atoms with E-state index in [1.165, 1.54) is 0 Å². The number of nitrogens with zero attached hydrogens (tertiary/aromatic N) is 3. The van der Waals surface area contributed by atoms with Crippen molar-refractivity contribution < 1.29 is 9.53 Å². The molecule has 6 heteroatoms. The fourth-order valence-electron chi connectivity index (χ4n) is 4.30. The zero-order chi connectivity index (χ0) is 19.5. The molecule has 1 fully saturated rings. The number of nitrogens with one attached hydrogen (secondary N) is 1. The minimum absolute atomic E-state index is 0.201. The molecule has 148 valence electrons. The van der Waals surface area contributed by atoms with Crippen molar-refractivity contribution in [1.29, 1.82) is 0 Å². The van der Waals surface area contributed by atoms with Crippen molar-refractivity contribution >= 4 is 16.8 Å². The molecule has 28 heavy (non-hydrogen) atoms. The number of hydrogen-bond donors (Lipinski definition) is 1. The number of imidazole rings is 1. The third-order valence-corrected chi connectivity index (χ3v) is 5.78. The molecular weight excluding hydrogens is 352 g/mol. The summed E-state index contributed by atoms with van der Waals surface area (Å²) in [7, 11) is 1.71. The van der Waals surface area contributed by atoms with Gasteiger partial charge < -0.3 is 19.2 Å². The van der Waals surface area contributed by atoms with Gasteiger partial charge in [-0.2, -0.15) is 0 Å². The van der Waals surface area contributed by atoms with Crippen LogP contribution in [0.1, 0.15) is 35.8 Å². The molecule has 1 aliphatic rings. The molecule has 1 atom stereocenters. The van der Waals surface area contributed by atoms with Crippen LogP contribution in [0, 0.1) is 6.92 Å². The van der Waals surface area contributed by atoms with Gasteiger partial charge in [-0.1, -0.05) is 18.2 Å². The first-order valence-corrected chi connectivity index (χ1v) is 10.0. The van der Waals surface area contributed by atoms with Gasteiger partial charge in [0.1, 0.15) is 5.82 Å². The summed E-state index contributed by atoms with van der Waals surface area (Å²) in [5, 5.41) is 1.15. The average molecular weight is 380 g/mol. The Hall–Kier alpha value is -2.60. The topological polar surface area (TPSA) is 63.1 Å². The van der Waals surface area contributed by atoms with Crippen molar-refractivity contribution in [2.75, 3.05) is 26.8 Å². The Labute approximate surface area is 165 Å². The van der Waals surface area contributed by atoms with Gasteiger partial charge in [-0.15, -0.1) is 0 Å². The highest BCUT2D eigenvalue weighted by molar-refractivity contribution is 5.90. The molecule has 3 heterocycles. The monoisotopic (exact) mass is 380 g/mol. The SMILES string of the molecule is COCCn1ccnc1[C@H]1CCCN(C(=O)Cc2c(C)[nH]c3ccccc23)C1. The summed E-state index contributed by atoms with van der Waals surface area (Å²) < 4.78 is 7.36. The lowest BCUT2D eigenvalue weighted by molar-refractivity contribution is -0.131. The van der Waals surface area contributed by atoms with E-state index >= 15 is 0 Å². The van der Waals surface area contributed by atoms with Crippen LogP contribution in [0.5, 0.6) is 0 Å². The smallest absolute Gasteiger partial charge is 0.227 e. The van der Waals surface area contributed by atoms with Gasteiger partial charge in [-0.05, 0) is 31.4 Å². The number of methoxy groups -OCH3 is 1. The van der Waals surface area contributed by atoms with E-state index in [0.717, 1.165) is 60.5 Å². The maximum atomic E-state index is 13.1. The van der Waals surface area contributed by atoms with Gasteiger partial charge in [-0.25, -0.2) is 4.98 Å². The molecule has 0 saturated carbocycles. The number of H-pyrrole nitrogens is 1. The van der Waals surface area contributed by atoms with E-state index in [9.17, 15) is 4.79 Å². The molecule has 0 bridgehead atoms. The number of rotatable bonds is 6. The first-order valence-electron chi connectivity index (χ1n) is 10.0. The highest BCUT2D eigenvalue weighted by Crippen LogP contribution is 2.28. The number of ether oxygens (including phenoxy) is 1. The van der Waals surface area contributed by atoms with E-state index in [4.69, 9.17) is 4.74 Å². The highest BCUT2D eigenvalue weighted by Gasteiger charge is 2.28. The summed E-state index contributed by atoms with van der Waals surface area (Å²) in [6, 6.07) is 8.20. The first-order chi connectivity index (χ1) is 13.7. The number of para-hydroxylation sites is 1. The number of fused-ring (bicyclic) bond motifs is 1. The molecular formula is C22H28N4O2. The van der Waals surface area contributed by atoms with E-state index in [2.05, 4.69) is 26.7 Å². The molecule has 1 aliphatic heterocycles. The molecule has 2 aromatic heterocycles. The number of benzene rings is 1. The fraction of sp³-hybridized carbons (Fsp3) is 0.455. The normalized spacial score (nSPS) is 17.4. The molecule has 1 saturated heterocycles. The molecule has 0 radical (unpaired) electrons. The van der Waals surface area contributed by atoms with Crippen molar-refractivity contribution in [2.45, 2.75) is 38.6 Å². The Kier molecular flexibility index (Phi) is 5.48. The molecule has 3 aromatic rings. The van der Waals surface area contributed by atoms with E-state index in [1.807, 2.05) is 36.4 Å². The van der Waals surface area contributed by atoms with Gasteiger partial charge in [0.15, 0.2) is 0 Å². The number of carbonyl (C=O) groups excluding carboxylic acids is 1. The predicted molar refractivity (Wildman–Crippen MR) is 109 cm³/mol. The number of likely N-dealkylation sites (tertiary alicyclic amines) is 1. The van der Waals surface area contributed by atoms with Gasteiger partial charge in [0.2, 0.25) is 5.91 Å². The molecule has 0 aliphatic carbocycles. The predicted octanol–water partition coefficient (Wildman–Crippen LogP) is 3.27. The summed E-state index contributed by atoms with van der Waals surface area (Å²) >= 11 is 0.